The molecule has 0 amide bonds. The molecule has 24 heavy (non-hydrogen) atoms. The lowest BCUT2D eigenvalue weighted by Gasteiger charge is -2.29. The Labute approximate surface area is 137 Å². The van der Waals surface area contributed by atoms with E-state index >= 15 is 0 Å². The molecule has 0 radical (unpaired) electrons. The van der Waals surface area contributed by atoms with Crippen LogP contribution in [0.4, 0.5) is 13.2 Å². The second kappa shape index (κ2) is 6.27. The Balaban J connectivity index is 1.76. The summed E-state index contributed by atoms with van der Waals surface area (Å²) in [5, 5.41) is 9.60. The van der Waals surface area contributed by atoms with E-state index in [2.05, 4.69) is 0 Å². The molecular formula is C16H19F3O5. The van der Waals surface area contributed by atoms with Gasteiger partial charge in [0.2, 0.25) is 0 Å². The van der Waals surface area contributed by atoms with Crippen molar-refractivity contribution in [1.82, 2.24) is 0 Å². The molecule has 3 rings (SSSR count). The van der Waals surface area contributed by atoms with Crippen LogP contribution in [0, 0.1) is 0 Å². The van der Waals surface area contributed by atoms with Gasteiger partial charge in [-0.1, -0.05) is 30.3 Å². The molecule has 0 spiro atoms. The summed E-state index contributed by atoms with van der Waals surface area (Å²) in [6.45, 7) is 3.35. The minimum Gasteiger partial charge on any atom is -0.381 e. The van der Waals surface area contributed by atoms with Crippen LogP contribution >= 0.6 is 0 Å². The second-order valence-electron chi connectivity index (χ2n) is 6.32. The van der Waals surface area contributed by atoms with E-state index in [-0.39, 0.29) is 6.61 Å². The van der Waals surface area contributed by atoms with E-state index in [4.69, 9.17) is 18.9 Å². The molecule has 5 nitrogen and oxygen atoms in total. The molecule has 2 saturated heterocycles. The summed E-state index contributed by atoms with van der Waals surface area (Å²) in [6, 6.07) is 9.00. The zero-order valence-electron chi connectivity index (χ0n) is 13.2. The molecule has 2 aliphatic heterocycles. The Hall–Kier alpha value is -1.19. The molecule has 5 atom stereocenters. The van der Waals surface area contributed by atoms with Gasteiger partial charge in [-0.05, 0) is 19.4 Å². The van der Waals surface area contributed by atoms with E-state index in [0.29, 0.717) is 0 Å². The van der Waals surface area contributed by atoms with Gasteiger partial charge in [0, 0.05) is 0 Å². The molecule has 0 saturated carbocycles. The first-order chi connectivity index (χ1) is 11.2. The van der Waals surface area contributed by atoms with Crippen molar-refractivity contribution in [3.8, 4) is 0 Å². The molecule has 134 valence electrons. The molecule has 2 heterocycles. The average molecular weight is 348 g/mol. The Morgan fingerprint density at radius 3 is 2.50 bits per heavy atom. The van der Waals surface area contributed by atoms with Gasteiger partial charge < -0.3 is 24.1 Å². The fourth-order valence-electron chi connectivity index (χ4n) is 2.90. The van der Waals surface area contributed by atoms with Crippen LogP contribution in [0.1, 0.15) is 19.4 Å². The van der Waals surface area contributed by atoms with E-state index in [1.54, 1.807) is 38.1 Å². The maximum absolute atomic E-state index is 12.9. The summed E-state index contributed by atoms with van der Waals surface area (Å²) in [7, 11) is 0. The summed E-state index contributed by atoms with van der Waals surface area (Å²) in [5.41, 5.74) is 0.791. The van der Waals surface area contributed by atoms with E-state index in [1.807, 2.05) is 6.07 Å². The Bertz CT molecular complexity index is 563. The highest BCUT2D eigenvalue weighted by Crippen LogP contribution is 2.42. The van der Waals surface area contributed by atoms with Gasteiger partial charge in [-0.15, -0.1) is 0 Å². The van der Waals surface area contributed by atoms with Gasteiger partial charge in [-0.25, -0.2) is 0 Å². The first-order valence-electron chi connectivity index (χ1n) is 7.59. The number of ether oxygens (including phenoxy) is 4. The molecule has 8 heteroatoms. The normalized spacial score (nSPS) is 33.4. The lowest BCUT2D eigenvalue weighted by Crippen LogP contribution is -2.48. The quantitative estimate of drug-likeness (QED) is 0.905. The van der Waals surface area contributed by atoms with Gasteiger partial charge in [0.1, 0.15) is 18.3 Å². The number of aliphatic hydroxyl groups is 1. The first-order valence-corrected chi connectivity index (χ1v) is 7.59. The van der Waals surface area contributed by atoms with E-state index < -0.39 is 42.7 Å². The maximum Gasteiger partial charge on any atom is 0.417 e. The van der Waals surface area contributed by atoms with Crippen LogP contribution in [0.15, 0.2) is 30.3 Å². The number of alkyl halides is 3. The highest BCUT2D eigenvalue weighted by molar-refractivity contribution is 5.13. The van der Waals surface area contributed by atoms with Crippen molar-refractivity contribution in [1.29, 1.82) is 0 Å². The third-order valence-corrected chi connectivity index (χ3v) is 3.96. The van der Waals surface area contributed by atoms with E-state index in [0.717, 1.165) is 5.56 Å². The first kappa shape index (κ1) is 17.6. The zero-order valence-corrected chi connectivity index (χ0v) is 13.2. The number of aliphatic hydroxyl groups excluding tert-OH is 1. The van der Waals surface area contributed by atoms with Crippen LogP contribution in [0.25, 0.3) is 0 Å². The molecule has 2 aliphatic rings. The summed E-state index contributed by atoms with van der Waals surface area (Å²) < 4.78 is 60.7. The second-order valence-corrected chi connectivity index (χ2v) is 6.32. The Morgan fingerprint density at radius 1 is 1.21 bits per heavy atom. The molecule has 0 aliphatic carbocycles. The number of rotatable bonds is 4. The van der Waals surface area contributed by atoms with Gasteiger partial charge in [-0.2, -0.15) is 13.2 Å². The van der Waals surface area contributed by atoms with Crippen LogP contribution in [-0.4, -0.2) is 47.8 Å². The van der Waals surface area contributed by atoms with Crippen LogP contribution in [-0.2, 0) is 25.6 Å². The van der Waals surface area contributed by atoms with Crippen LogP contribution in [0.3, 0.4) is 0 Å². The van der Waals surface area contributed by atoms with Crippen molar-refractivity contribution in [2.24, 2.45) is 0 Å². The molecule has 2 fully saturated rings. The maximum atomic E-state index is 12.9. The van der Waals surface area contributed by atoms with Gasteiger partial charge in [-0.3, -0.25) is 0 Å². The fourth-order valence-corrected chi connectivity index (χ4v) is 2.90. The number of halogens is 3. The van der Waals surface area contributed by atoms with Crippen molar-refractivity contribution in [2.45, 2.75) is 63.1 Å². The highest BCUT2D eigenvalue weighted by Gasteiger charge is 2.61. The molecular weight excluding hydrogens is 329 g/mol. The molecule has 1 N–H and O–H groups in total. The topological polar surface area (TPSA) is 57.2 Å². The Morgan fingerprint density at radius 2 is 1.88 bits per heavy atom. The van der Waals surface area contributed by atoms with Crippen molar-refractivity contribution in [2.75, 3.05) is 0 Å². The summed E-state index contributed by atoms with van der Waals surface area (Å²) in [4.78, 5) is 0. The smallest absolute Gasteiger partial charge is 0.381 e. The number of fused-ring (bicyclic) bond motifs is 1. The SMILES string of the molecule is CC1(C)O[C@H]2O[C@H]([C@H](O)C(F)(F)F)[C@H](OCc3ccccc3)[C@H]2O1. The zero-order chi connectivity index (χ0) is 17.5. The molecule has 0 aromatic heterocycles. The van der Waals surface area contributed by atoms with E-state index in [9.17, 15) is 18.3 Å². The van der Waals surface area contributed by atoms with Crippen molar-refractivity contribution >= 4 is 0 Å². The minimum atomic E-state index is -4.83. The molecule has 0 unspecified atom stereocenters. The van der Waals surface area contributed by atoms with Crippen LogP contribution in [0.5, 0.6) is 0 Å². The molecule has 1 aromatic carbocycles. The van der Waals surface area contributed by atoms with Crippen LogP contribution < -0.4 is 0 Å². The lowest BCUT2D eigenvalue weighted by molar-refractivity contribution is -0.275. The Kier molecular flexibility index (Phi) is 4.61. The predicted octanol–water partition coefficient (Wildman–Crippen LogP) is 2.37. The average Bonchev–Trinajstić information content (AvgIpc) is 2.96. The third kappa shape index (κ3) is 3.57. The number of hydrogen-bond donors (Lipinski definition) is 1. The number of hydrogen-bond acceptors (Lipinski definition) is 5. The van der Waals surface area contributed by atoms with Gasteiger partial charge >= 0.3 is 6.18 Å². The monoisotopic (exact) mass is 348 g/mol. The van der Waals surface area contributed by atoms with Crippen molar-refractivity contribution in [3.05, 3.63) is 35.9 Å². The van der Waals surface area contributed by atoms with Crippen molar-refractivity contribution in [3.63, 3.8) is 0 Å². The molecule has 1 aromatic rings. The lowest BCUT2D eigenvalue weighted by atomic mass is 10.0. The van der Waals surface area contributed by atoms with Crippen molar-refractivity contribution < 1.29 is 37.2 Å². The third-order valence-electron chi connectivity index (χ3n) is 3.96. The standard InChI is InChI=1S/C16H19F3O5/c1-15(2)23-12-10(21-8-9-6-4-3-5-7-9)11(22-14(12)24-15)13(20)16(17,18)19/h3-7,10-14,20H,8H2,1-2H3/t10-,11-,12+,13-,14+/m0/s1. The van der Waals surface area contributed by atoms with Gasteiger partial charge in [0.15, 0.2) is 18.2 Å². The minimum absolute atomic E-state index is 0.0724. The summed E-state index contributed by atoms with van der Waals surface area (Å²) in [6.07, 6.45) is -12.1. The summed E-state index contributed by atoms with van der Waals surface area (Å²) in [5.74, 6) is -0.988. The number of benzene rings is 1. The molecule has 0 bridgehead atoms. The van der Waals surface area contributed by atoms with E-state index in [1.165, 1.54) is 0 Å². The largest absolute Gasteiger partial charge is 0.417 e. The van der Waals surface area contributed by atoms with Gasteiger partial charge in [0.25, 0.3) is 0 Å². The predicted molar refractivity (Wildman–Crippen MR) is 75.8 cm³/mol. The fraction of sp³-hybridized carbons (Fsp3) is 0.625. The van der Waals surface area contributed by atoms with Gasteiger partial charge in [0.05, 0.1) is 6.61 Å². The summed E-state index contributed by atoms with van der Waals surface area (Å²) >= 11 is 0. The van der Waals surface area contributed by atoms with Crippen LogP contribution in [0.2, 0.25) is 0 Å². The highest BCUT2D eigenvalue weighted by atomic mass is 19.4.